The number of nitrogens with zero attached hydrogens (tertiary/aromatic N) is 1. The Morgan fingerprint density at radius 3 is 2.62 bits per heavy atom. The first-order valence-electron chi connectivity index (χ1n) is 3.67. The van der Waals surface area contributed by atoms with E-state index in [0.717, 1.165) is 10.6 Å². The van der Waals surface area contributed by atoms with Crippen LogP contribution in [0.25, 0.3) is 0 Å². The van der Waals surface area contributed by atoms with Crippen molar-refractivity contribution in [2.75, 3.05) is 26.0 Å². The predicted molar refractivity (Wildman–Crippen MR) is 47.0 cm³/mol. The van der Waals surface area contributed by atoms with Crippen LogP contribution >= 0.6 is 11.6 Å². The van der Waals surface area contributed by atoms with Crippen LogP contribution in [0, 0.1) is 0 Å². The van der Waals surface area contributed by atoms with Crippen LogP contribution in [-0.4, -0.2) is 50.0 Å². The molecule has 0 amide bonds. The molecule has 0 N–H and O–H groups in total. The Hall–Kier alpha value is -0.170. The molecule has 1 atom stereocenters. The highest BCUT2D eigenvalue weighted by Gasteiger charge is 2.34. The van der Waals surface area contributed by atoms with Crippen LogP contribution in [0.2, 0.25) is 0 Å². The second kappa shape index (κ2) is 3.91. The highest BCUT2D eigenvalue weighted by molar-refractivity contribution is 7.88. The van der Waals surface area contributed by atoms with Crippen LogP contribution in [0.5, 0.6) is 0 Å². The molecule has 1 aliphatic heterocycles. The maximum absolute atomic E-state index is 11.2. The molecular weight excluding hydrogens is 218 g/mol. The fourth-order valence-electron chi connectivity index (χ4n) is 1.16. The quantitative estimate of drug-likeness (QED) is 0.592. The van der Waals surface area contributed by atoms with Gasteiger partial charge in [0.25, 0.3) is 0 Å². The van der Waals surface area contributed by atoms with Gasteiger partial charge in [0.2, 0.25) is 15.3 Å². The normalized spacial score (nSPS) is 25.8. The molecule has 1 rings (SSSR count). The highest BCUT2D eigenvalue weighted by atomic mass is 35.5. The molecule has 1 aliphatic rings. The Kier molecular flexibility index (Phi) is 3.28. The summed E-state index contributed by atoms with van der Waals surface area (Å²) in [5.41, 5.74) is 0. The maximum Gasteiger partial charge on any atom is 0.242 e. The minimum absolute atomic E-state index is 0.0371. The van der Waals surface area contributed by atoms with E-state index in [4.69, 9.17) is 16.3 Å². The van der Waals surface area contributed by atoms with Crippen molar-refractivity contribution in [1.29, 1.82) is 0 Å². The van der Waals surface area contributed by atoms with Gasteiger partial charge >= 0.3 is 0 Å². The average Bonchev–Trinajstić information content (AvgIpc) is 2.03. The number of hydrogen-bond donors (Lipinski definition) is 0. The van der Waals surface area contributed by atoms with Gasteiger partial charge in [-0.1, -0.05) is 0 Å². The summed E-state index contributed by atoms with van der Waals surface area (Å²) in [7, 11) is -3.37. The molecule has 0 aromatic rings. The third kappa shape index (κ3) is 2.63. The lowest BCUT2D eigenvalue weighted by molar-refractivity contribution is -0.119. The third-order valence-corrected chi connectivity index (χ3v) is 3.31. The molecule has 76 valence electrons. The number of ether oxygens (including phenoxy) is 1. The Balaban J connectivity index is 2.86. The summed E-state index contributed by atoms with van der Waals surface area (Å²) in [6.07, 6.45) is 1.05. The zero-order valence-electron chi connectivity index (χ0n) is 7.07. The van der Waals surface area contributed by atoms with Crippen molar-refractivity contribution in [3.63, 3.8) is 0 Å². The monoisotopic (exact) mass is 227 g/mol. The molecular formula is C6H10ClNO4S. The molecule has 13 heavy (non-hydrogen) atoms. The molecule has 1 fully saturated rings. The first-order valence-corrected chi connectivity index (χ1v) is 5.89. The molecule has 0 bridgehead atoms. The lowest BCUT2D eigenvalue weighted by Gasteiger charge is -2.30. The van der Waals surface area contributed by atoms with E-state index < -0.39 is 21.3 Å². The SMILES string of the molecule is CS(=O)(=O)N1CCOCC1C(=O)Cl. The van der Waals surface area contributed by atoms with Crippen molar-refractivity contribution < 1.29 is 17.9 Å². The first-order chi connectivity index (χ1) is 5.93. The van der Waals surface area contributed by atoms with Crippen LogP contribution in [0.1, 0.15) is 0 Å². The summed E-state index contributed by atoms with van der Waals surface area (Å²) in [5.74, 6) is 0. The van der Waals surface area contributed by atoms with Gasteiger partial charge in [-0.25, -0.2) is 8.42 Å². The summed E-state index contributed by atoms with van der Waals surface area (Å²) in [5, 5.41) is -0.704. The zero-order chi connectivity index (χ0) is 10.1. The van der Waals surface area contributed by atoms with Crippen molar-refractivity contribution in [3.05, 3.63) is 0 Å². The van der Waals surface area contributed by atoms with Gasteiger partial charge in [0.15, 0.2) is 0 Å². The van der Waals surface area contributed by atoms with Crippen molar-refractivity contribution in [2.24, 2.45) is 0 Å². The van der Waals surface area contributed by atoms with Gasteiger partial charge in [-0.15, -0.1) is 0 Å². The smallest absolute Gasteiger partial charge is 0.242 e. The molecule has 1 heterocycles. The van der Waals surface area contributed by atoms with E-state index in [-0.39, 0.29) is 13.2 Å². The van der Waals surface area contributed by atoms with E-state index >= 15 is 0 Å². The average molecular weight is 228 g/mol. The van der Waals surface area contributed by atoms with E-state index in [2.05, 4.69) is 0 Å². The summed E-state index contributed by atoms with van der Waals surface area (Å²) in [6, 6.07) is -0.870. The van der Waals surface area contributed by atoms with Crippen LogP contribution in [-0.2, 0) is 19.6 Å². The number of rotatable bonds is 2. The molecule has 7 heteroatoms. The molecule has 0 radical (unpaired) electrons. The zero-order valence-corrected chi connectivity index (χ0v) is 8.64. The molecule has 1 saturated heterocycles. The van der Waals surface area contributed by atoms with E-state index in [1.807, 2.05) is 0 Å². The third-order valence-electron chi connectivity index (χ3n) is 1.77. The van der Waals surface area contributed by atoms with E-state index in [1.54, 1.807) is 0 Å². The second-order valence-electron chi connectivity index (χ2n) is 2.77. The van der Waals surface area contributed by atoms with Crippen molar-refractivity contribution in [1.82, 2.24) is 4.31 Å². The van der Waals surface area contributed by atoms with Crippen molar-refractivity contribution in [3.8, 4) is 0 Å². The standard InChI is InChI=1S/C6H10ClNO4S/c1-13(10,11)8-2-3-12-4-5(8)6(7)9/h5H,2-4H2,1H3. The molecule has 5 nitrogen and oxygen atoms in total. The van der Waals surface area contributed by atoms with E-state index in [0.29, 0.717) is 6.61 Å². The summed E-state index contributed by atoms with van der Waals surface area (Å²) in [4.78, 5) is 10.8. The molecule has 0 aliphatic carbocycles. The van der Waals surface area contributed by atoms with Gasteiger partial charge in [-0.05, 0) is 11.6 Å². The van der Waals surface area contributed by atoms with Crippen LogP contribution in [0.15, 0.2) is 0 Å². The van der Waals surface area contributed by atoms with Crippen molar-refractivity contribution in [2.45, 2.75) is 6.04 Å². The van der Waals surface area contributed by atoms with Gasteiger partial charge in [-0.2, -0.15) is 4.31 Å². The number of sulfonamides is 1. The fraction of sp³-hybridized carbons (Fsp3) is 0.833. The molecule has 0 aromatic heterocycles. The Morgan fingerprint density at radius 2 is 2.23 bits per heavy atom. The van der Waals surface area contributed by atoms with Gasteiger partial charge in [0, 0.05) is 6.54 Å². The highest BCUT2D eigenvalue weighted by Crippen LogP contribution is 2.13. The predicted octanol–water partition coefficient (Wildman–Crippen LogP) is -0.588. The topological polar surface area (TPSA) is 63.7 Å². The Bertz CT molecular complexity index is 302. The lowest BCUT2D eigenvalue weighted by Crippen LogP contribution is -2.50. The number of morpholine rings is 1. The summed E-state index contributed by atoms with van der Waals surface area (Å²) in [6.45, 7) is 0.519. The molecule has 0 spiro atoms. The molecule has 0 saturated carbocycles. The lowest BCUT2D eigenvalue weighted by atomic mass is 10.3. The minimum Gasteiger partial charge on any atom is -0.378 e. The van der Waals surface area contributed by atoms with Gasteiger partial charge in [-0.3, -0.25) is 4.79 Å². The minimum atomic E-state index is -3.37. The first kappa shape index (κ1) is 10.9. The second-order valence-corrected chi connectivity index (χ2v) is 5.08. The van der Waals surface area contributed by atoms with Crippen LogP contribution in [0.4, 0.5) is 0 Å². The fourth-order valence-corrected chi connectivity index (χ4v) is 2.43. The maximum atomic E-state index is 11.2. The van der Waals surface area contributed by atoms with Gasteiger partial charge < -0.3 is 4.74 Å². The largest absolute Gasteiger partial charge is 0.378 e. The number of halogens is 1. The number of hydrogen-bond acceptors (Lipinski definition) is 4. The Morgan fingerprint density at radius 1 is 1.62 bits per heavy atom. The van der Waals surface area contributed by atoms with Crippen molar-refractivity contribution >= 4 is 26.9 Å². The summed E-state index contributed by atoms with van der Waals surface area (Å²) < 4.78 is 28.3. The van der Waals surface area contributed by atoms with Gasteiger partial charge in [0.05, 0.1) is 19.5 Å². The number of carbonyl (C=O) groups excluding carboxylic acids is 1. The number of carbonyl (C=O) groups is 1. The Labute approximate surface area is 81.7 Å². The van der Waals surface area contributed by atoms with E-state index in [9.17, 15) is 13.2 Å². The van der Waals surface area contributed by atoms with E-state index in [1.165, 1.54) is 0 Å². The molecule has 1 unspecified atom stereocenters. The molecule has 0 aromatic carbocycles. The van der Waals surface area contributed by atoms with Crippen LogP contribution in [0.3, 0.4) is 0 Å². The van der Waals surface area contributed by atoms with Crippen LogP contribution < -0.4 is 0 Å². The summed E-state index contributed by atoms with van der Waals surface area (Å²) >= 11 is 5.23. The van der Waals surface area contributed by atoms with Gasteiger partial charge in [0.1, 0.15) is 6.04 Å².